The first-order chi connectivity index (χ1) is 14.2. The van der Waals surface area contributed by atoms with Gasteiger partial charge in [-0.1, -0.05) is 24.3 Å². The van der Waals surface area contributed by atoms with Crippen LogP contribution in [0.2, 0.25) is 0 Å². The summed E-state index contributed by atoms with van der Waals surface area (Å²) in [5.74, 6) is -0.802. The predicted molar refractivity (Wildman–Crippen MR) is 107 cm³/mol. The van der Waals surface area contributed by atoms with Gasteiger partial charge >= 0.3 is 6.18 Å². The van der Waals surface area contributed by atoms with E-state index in [1.165, 1.54) is 11.0 Å². The molecule has 0 N–H and O–H groups in total. The molecule has 30 heavy (non-hydrogen) atoms. The van der Waals surface area contributed by atoms with Gasteiger partial charge in [0, 0.05) is 19.7 Å². The smallest absolute Gasteiger partial charge is 0.363 e. The number of hydrogen-bond acceptors (Lipinski definition) is 4. The lowest BCUT2D eigenvalue weighted by Crippen LogP contribution is -2.29. The maximum Gasteiger partial charge on any atom is 0.416 e. The molecule has 1 aromatic heterocycles. The van der Waals surface area contributed by atoms with Gasteiger partial charge in [-0.2, -0.15) is 13.2 Å². The molecule has 152 valence electrons. The van der Waals surface area contributed by atoms with E-state index in [1.807, 2.05) is 0 Å². The number of amides is 2. The van der Waals surface area contributed by atoms with Crippen molar-refractivity contribution in [2.24, 2.45) is 0 Å². The van der Waals surface area contributed by atoms with Crippen LogP contribution in [0.1, 0.15) is 26.3 Å². The summed E-state index contributed by atoms with van der Waals surface area (Å²) < 4.78 is 40.1. The zero-order valence-electron chi connectivity index (χ0n) is 16.1. The molecule has 5 nitrogen and oxygen atoms in total. The molecular weight excluding hydrogens is 395 g/mol. The van der Waals surface area contributed by atoms with Crippen molar-refractivity contribution >= 4 is 23.3 Å². The minimum atomic E-state index is -4.54. The normalized spacial score (nSPS) is 13.6. The van der Waals surface area contributed by atoms with E-state index in [-0.39, 0.29) is 17.2 Å². The van der Waals surface area contributed by atoms with Gasteiger partial charge in [0.25, 0.3) is 11.8 Å². The van der Waals surface area contributed by atoms with Crippen molar-refractivity contribution in [1.29, 1.82) is 0 Å². The van der Waals surface area contributed by atoms with Crippen molar-refractivity contribution in [3.63, 3.8) is 0 Å². The number of nitrogens with zero attached hydrogens (tertiary/aromatic N) is 3. The van der Waals surface area contributed by atoms with E-state index in [0.717, 1.165) is 17.0 Å². The third-order valence-electron chi connectivity index (χ3n) is 4.79. The Bertz CT molecular complexity index is 1140. The van der Waals surface area contributed by atoms with Crippen molar-refractivity contribution in [3.8, 4) is 11.3 Å². The van der Waals surface area contributed by atoms with Crippen LogP contribution < -0.4 is 9.80 Å². The number of alkyl halides is 3. The molecule has 0 bridgehead atoms. The third kappa shape index (κ3) is 3.30. The van der Waals surface area contributed by atoms with Gasteiger partial charge in [0.2, 0.25) is 0 Å². The number of carbonyl (C=O) groups is 2. The number of fused-ring (bicyclic) bond motifs is 1. The molecule has 0 spiro atoms. The number of hydrogen-bond donors (Lipinski definition) is 0. The molecule has 4 rings (SSSR count). The van der Waals surface area contributed by atoms with Crippen LogP contribution in [0.4, 0.5) is 24.7 Å². The summed E-state index contributed by atoms with van der Waals surface area (Å²) in [6.45, 7) is 0. The van der Waals surface area contributed by atoms with Gasteiger partial charge in [-0.25, -0.2) is 9.88 Å². The summed E-state index contributed by atoms with van der Waals surface area (Å²) in [7, 11) is 3.20. The molecular formula is C22H16F3N3O2. The fourth-order valence-corrected chi connectivity index (χ4v) is 3.28. The van der Waals surface area contributed by atoms with E-state index in [1.54, 1.807) is 56.6 Å². The van der Waals surface area contributed by atoms with Crippen LogP contribution >= 0.6 is 0 Å². The van der Waals surface area contributed by atoms with Crippen LogP contribution in [0, 0.1) is 0 Å². The van der Waals surface area contributed by atoms with Crippen molar-refractivity contribution in [1.82, 2.24) is 4.98 Å². The van der Waals surface area contributed by atoms with Gasteiger partial charge in [0.05, 0.1) is 28.1 Å². The van der Waals surface area contributed by atoms with Gasteiger partial charge < -0.3 is 4.90 Å². The Kier molecular flexibility index (Phi) is 4.57. The minimum absolute atomic E-state index is 0.0898. The molecule has 8 heteroatoms. The molecule has 2 amide bonds. The van der Waals surface area contributed by atoms with Gasteiger partial charge in [-0.3, -0.25) is 9.59 Å². The lowest BCUT2D eigenvalue weighted by molar-refractivity contribution is -0.137. The number of imide groups is 1. The SMILES string of the molecule is CN(C)c1cc(C(F)(F)F)cc(-c2cccc(N3C(=O)c4ccccc4C3=O)c2)n1. The van der Waals surface area contributed by atoms with Crippen molar-refractivity contribution in [3.05, 3.63) is 77.4 Å². The molecule has 0 atom stereocenters. The van der Waals surface area contributed by atoms with Gasteiger partial charge in [-0.15, -0.1) is 0 Å². The Labute approximate surface area is 170 Å². The van der Waals surface area contributed by atoms with Crippen LogP contribution in [-0.4, -0.2) is 30.9 Å². The molecule has 1 aliphatic heterocycles. The highest BCUT2D eigenvalue weighted by Gasteiger charge is 2.36. The number of pyridine rings is 1. The number of benzene rings is 2. The Morgan fingerprint density at radius 1 is 0.867 bits per heavy atom. The number of anilines is 2. The second-order valence-electron chi connectivity index (χ2n) is 7.03. The van der Waals surface area contributed by atoms with Crippen molar-refractivity contribution in [2.45, 2.75) is 6.18 Å². The summed E-state index contributed by atoms with van der Waals surface area (Å²) in [6.07, 6.45) is -4.54. The first-order valence-electron chi connectivity index (χ1n) is 9.01. The van der Waals surface area contributed by atoms with Crippen LogP contribution in [-0.2, 0) is 6.18 Å². The molecule has 0 radical (unpaired) electrons. The average molecular weight is 411 g/mol. The number of halogens is 3. The Balaban J connectivity index is 1.80. The standard InChI is InChI=1S/C22H16F3N3O2/c1-27(2)19-12-14(22(23,24)25)11-18(26-19)13-6-5-7-15(10-13)28-20(29)16-8-3-4-9-17(16)21(28)30/h3-12H,1-2H3. The van der Waals surface area contributed by atoms with Crippen LogP contribution in [0.25, 0.3) is 11.3 Å². The highest BCUT2D eigenvalue weighted by Crippen LogP contribution is 2.35. The lowest BCUT2D eigenvalue weighted by atomic mass is 10.1. The van der Waals surface area contributed by atoms with Crippen LogP contribution in [0.15, 0.2) is 60.7 Å². The molecule has 0 saturated carbocycles. The van der Waals surface area contributed by atoms with E-state index in [4.69, 9.17) is 0 Å². The van der Waals surface area contributed by atoms with Gasteiger partial charge in [0.1, 0.15) is 5.82 Å². The fraction of sp³-hybridized carbons (Fsp3) is 0.136. The maximum absolute atomic E-state index is 13.4. The molecule has 2 heterocycles. The summed E-state index contributed by atoms with van der Waals surface area (Å²) >= 11 is 0. The maximum atomic E-state index is 13.4. The molecule has 0 aliphatic carbocycles. The summed E-state index contributed by atoms with van der Waals surface area (Å²) in [5, 5.41) is 0. The second kappa shape index (κ2) is 6.98. The Morgan fingerprint density at radius 2 is 1.50 bits per heavy atom. The monoisotopic (exact) mass is 411 g/mol. The Hall–Kier alpha value is -3.68. The van der Waals surface area contributed by atoms with Gasteiger partial charge in [0.15, 0.2) is 0 Å². The van der Waals surface area contributed by atoms with Crippen LogP contribution in [0.5, 0.6) is 0 Å². The topological polar surface area (TPSA) is 53.5 Å². The zero-order chi connectivity index (χ0) is 21.6. The van der Waals surface area contributed by atoms with Crippen LogP contribution in [0.3, 0.4) is 0 Å². The number of rotatable bonds is 3. The number of aromatic nitrogens is 1. The van der Waals surface area contributed by atoms with Gasteiger partial charge in [-0.05, 0) is 36.4 Å². The van der Waals surface area contributed by atoms with E-state index in [2.05, 4.69) is 4.98 Å². The van der Waals surface area contributed by atoms with Crippen molar-refractivity contribution in [2.75, 3.05) is 23.9 Å². The van der Waals surface area contributed by atoms with E-state index in [0.29, 0.717) is 16.7 Å². The zero-order valence-corrected chi connectivity index (χ0v) is 16.1. The molecule has 0 fully saturated rings. The third-order valence-corrected chi connectivity index (χ3v) is 4.79. The summed E-state index contributed by atoms with van der Waals surface area (Å²) in [5.41, 5.74) is 0.469. The minimum Gasteiger partial charge on any atom is -0.363 e. The largest absolute Gasteiger partial charge is 0.416 e. The molecule has 0 unspecified atom stereocenters. The number of carbonyl (C=O) groups excluding carboxylic acids is 2. The summed E-state index contributed by atoms with van der Waals surface area (Å²) in [6, 6.07) is 14.6. The lowest BCUT2D eigenvalue weighted by Gasteiger charge is -2.18. The van der Waals surface area contributed by atoms with E-state index >= 15 is 0 Å². The first-order valence-corrected chi connectivity index (χ1v) is 9.01. The Morgan fingerprint density at radius 3 is 2.07 bits per heavy atom. The molecule has 3 aromatic rings. The highest BCUT2D eigenvalue weighted by atomic mass is 19.4. The summed E-state index contributed by atoms with van der Waals surface area (Å²) in [4.78, 5) is 32.2. The highest BCUT2D eigenvalue weighted by molar-refractivity contribution is 6.34. The van der Waals surface area contributed by atoms with E-state index in [9.17, 15) is 22.8 Å². The van der Waals surface area contributed by atoms with Crippen molar-refractivity contribution < 1.29 is 22.8 Å². The second-order valence-corrected chi connectivity index (χ2v) is 7.03. The molecule has 1 aliphatic rings. The molecule has 2 aromatic carbocycles. The van der Waals surface area contributed by atoms with E-state index < -0.39 is 23.6 Å². The quantitative estimate of drug-likeness (QED) is 0.590. The average Bonchev–Trinajstić information content (AvgIpc) is 2.98. The first kappa shape index (κ1) is 19.6. The fourth-order valence-electron chi connectivity index (χ4n) is 3.28. The predicted octanol–water partition coefficient (Wildman–Crippen LogP) is 4.63. The molecule has 0 saturated heterocycles.